The lowest BCUT2D eigenvalue weighted by molar-refractivity contribution is -0.132. The van der Waals surface area contributed by atoms with E-state index in [0.29, 0.717) is 41.0 Å². The average molecular weight is 577 g/mol. The third kappa shape index (κ3) is 5.24. The number of hydrogen-bond acceptors (Lipinski definition) is 7. The fraction of sp³-hybridized carbons (Fsp3) is 0.147. The zero-order valence-electron chi connectivity index (χ0n) is 23.1. The predicted octanol–water partition coefficient (Wildman–Crippen LogP) is 7.21. The fourth-order valence-electron chi connectivity index (χ4n) is 4.99. The number of anilines is 1. The van der Waals surface area contributed by atoms with Crippen LogP contribution in [-0.2, 0) is 16.2 Å². The molecule has 6 rings (SSSR count). The first-order chi connectivity index (χ1) is 20.4. The van der Waals surface area contributed by atoms with Crippen molar-refractivity contribution in [3.8, 4) is 11.5 Å². The van der Waals surface area contributed by atoms with Gasteiger partial charge in [0.2, 0.25) is 0 Å². The number of carbonyl (C=O) groups is 2. The summed E-state index contributed by atoms with van der Waals surface area (Å²) in [6.45, 7) is 4.78. The van der Waals surface area contributed by atoms with Crippen LogP contribution in [0.25, 0.3) is 16.0 Å². The van der Waals surface area contributed by atoms with Crippen LogP contribution in [0, 0.1) is 6.92 Å². The molecule has 8 heteroatoms. The van der Waals surface area contributed by atoms with Crippen LogP contribution in [0.4, 0.5) is 5.13 Å². The molecule has 0 saturated carbocycles. The van der Waals surface area contributed by atoms with Crippen molar-refractivity contribution in [2.45, 2.75) is 26.5 Å². The standard InChI is InChI=1S/C34H28N2O5S/c1-3-40-25-16-12-24(13-17-25)31(37)29-30(23-10-14-26(15-11-23)41-20-22-7-5-4-6-8-22)36(33(39)32(29)38)34-35-27-18-9-21(2)19-28(27)42-34/h4-19,30,37H,3,20H2,1-2H3/b31-29+. The maximum atomic E-state index is 13.6. The summed E-state index contributed by atoms with van der Waals surface area (Å²) >= 11 is 1.34. The number of aliphatic hydroxyl groups excluding tert-OH is 1. The summed E-state index contributed by atoms with van der Waals surface area (Å²) in [5.74, 6) is -0.493. The van der Waals surface area contributed by atoms with E-state index in [0.717, 1.165) is 21.3 Å². The molecule has 0 spiro atoms. The number of hydrogen-bond donors (Lipinski definition) is 1. The maximum Gasteiger partial charge on any atom is 0.301 e. The van der Waals surface area contributed by atoms with Gasteiger partial charge in [0.1, 0.15) is 23.9 Å². The molecule has 1 amide bonds. The summed E-state index contributed by atoms with van der Waals surface area (Å²) < 4.78 is 12.4. The summed E-state index contributed by atoms with van der Waals surface area (Å²) in [7, 11) is 0. The summed E-state index contributed by atoms with van der Waals surface area (Å²) in [4.78, 5) is 33.3. The van der Waals surface area contributed by atoms with E-state index in [-0.39, 0.29) is 11.3 Å². The molecule has 1 aromatic heterocycles. The average Bonchev–Trinajstić information content (AvgIpc) is 3.54. The van der Waals surface area contributed by atoms with Crippen LogP contribution in [0.1, 0.15) is 35.2 Å². The molecular formula is C34H28N2O5S. The Kier molecular flexibility index (Phi) is 7.46. The molecule has 1 unspecified atom stereocenters. The lowest BCUT2D eigenvalue weighted by Crippen LogP contribution is -2.29. The fourth-order valence-corrected chi connectivity index (χ4v) is 6.08. The molecule has 0 bridgehead atoms. The molecule has 1 atom stereocenters. The molecule has 1 aliphatic heterocycles. The molecule has 42 heavy (non-hydrogen) atoms. The van der Waals surface area contributed by atoms with Crippen molar-refractivity contribution in [2.75, 3.05) is 11.5 Å². The number of fused-ring (bicyclic) bond motifs is 1. The number of rotatable bonds is 8. The van der Waals surface area contributed by atoms with Crippen LogP contribution >= 0.6 is 11.3 Å². The zero-order chi connectivity index (χ0) is 29.2. The van der Waals surface area contributed by atoms with Crippen LogP contribution in [0.2, 0.25) is 0 Å². The van der Waals surface area contributed by atoms with Gasteiger partial charge in [-0.3, -0.25) is 14.5 Å². The van der Waals surface area contributed by atoms with Crippen molar-refractivity contribution in [2.24, 2.45) is 0 Å². The van der Waals surface area contributed by atoms with E-state index in [1.807, 2.05) is 74.5 Å². The number of benzene rings is 4. The number of thiazole rings is 1. The first-order valence-electron chi connectivity index (χ1n) is 13.6. The molecule has 5 aromatic rings. The van der Waals surface area contributed by atoms with Crippen LogP contribution in [0.15, 0.2) is 103 Å². The molecule has 4 aromatic carbocycles. The second kappa shape index (κ2) is 11.5. The number of amides is 1. The lowest BCUT2D eigenvalue weighted by atomic mass is 9.95. The normalized spacial score (nSPS) is 16.2. The summed E-state index contributed by atoms with van der Waals surface area (Å²) in [6.07, 6.45) is 0. The Balaban J connectivity index is 1.42. The predicted molar refractivity (Wildman–Crippen MR) is 164 cm³/mol. The topological polar surface area (TPSA) is 89.0 Å². The van der Waals surface area contributed by atoms with E-state index in [1.165, 1.54) is 16.2 Å². The van der Waals surface area contributed by atoms with Crippen LogP contribution in [0.5, 0.6) is 11.5 Å². The van der Waals surface area contributed by atoms with Crippen LogP contribution in [-0.4, -0.2) is 28.4 Å². The van der Waals surface area contributed by atoms with Crippen molar-refractivity contribution in [1.29, 1.82) is 0 Å². The molecule has 1 fully saturated rings. The number of ketones is 1. The summed E-state index contributed by atoms with van der Waals surface area (Å²) in [5, 5.41) is 11.9. The number of aliphatic hydroxyl groups is 1. The molecule has 210 valence electrons. The highest BCUT2D eigenvalue weighted by molar-refractivity contribution is 7.22. The van der Waals surface area contributed by atoms with Crippen molar-refractivity contribution >= 4 is 44.1 Å². The monoisotopic (exact) mass is 576 g/mol. The zero-order valence-corrected chi connectivity index (χ0v) is 23.9. The van der Waals surface area contributed by atoms with Gasteiger partial charge in [-0.15, -0.1) is 0 Å². The number of carbonyl (C=O) groups excluding carboxylic acids is 2. The smallest absolute Gasteiger partial charge is 0.301 e. The highest BCUT2D eigenvalue weighted by Gasteiger charge is 2.48. The second-order valence-electron chi connectivity index (χ2n) is 9.94. The summed E-state index contributed by atoms with van der Waals surface area (Å²) in [5.41, 5.74) is 3.89. The lowest BCUT2D eigenvalue weighted by Gasteiger charge is -2.23. The number of Topliss-reactive ketones (excluding diaryl/α,β-unsaturated/α-hetero) is 1. The molecule has 0 radical (unpaired) electrons. The molecule has 1 saturated heterocycles. The van der Waals surface area contributed by atoms with Gasteiger partial charge in [-0.05, 0) is 79.1 Å². The minimum atomic E-state index is -0.888. The highest BCUT2D eigenvalue weighted by atomic mass is 32.1. The van der Waals surface area contributed by atoms with Crippen molar-refractivity contribution in [3.05, 3.63) is 125 Å². The molecule has 1 N–H and O–H groups in total. The van der Waals surface area contributed by atoms with E-state index in [1.54, 1.807) is 36.4 Å². The SMILES string of the molecule is CCOc1ccc(/C(O)=C2\C(=O)C(=O)N(c3nc4ccc(C)cc4s3)C2c2ccc(OCc3ccccc3)cc2)cc1. The molecule has 0 aliphatic carbocycles. The van der Waals surface area contributed by atoms with Gasteiger partial charge in [0, 0.05) is 5.56 Å². The van der Waals surface area contributed by atoms with Crippen molar-refractivity contribution in [3.63, 3.8) is 0 Å². The molecular weight excluding hydrogens is 548 g/mol. The second-order valence-corrected chi connectivity index (χ2v) is 10.9. The van der Waals surface area contributed by atoms with Gasteiger partial charge < -0.3 is 14.6 Å². The third-order valence-electron chi connectivity index (χ3n) is 7.07. The van der Waals surface area contributed by atoms with Gasteiger partial charge in [-0.1, -0.05) is 59.9 Å². The Bertz CT molecular complexity index is 1790. The molecule has 7 nitrogen and oxygen atoms in total. The highest BCUT2D eigenvalue weighted by Crippen LogP contribution is 2.44. The van der Waals surface area contributed by atoms with Gasteiger partial charge in [-0.25, -0.2) is 4.98 Å². The van der Waals surface area contributed by atoms with Gasteiger partial charge in [0.15, 0.2) is 5.13 Å². The Morgan fingerprint density at radius 3 is 2.31 bits per heavy atom. The number of aryl methyl sites for hydroxylation is 1. The number of nitrogens with zero attached hydrogens (tertiary/aromatic N) is 2. The minimum Gasteiger partial charge on any atom is -0.507 e. The van der Waals surface area contributed by atoms with Gasteiger partial charge >= 0.3 is 5.91 Å². The van der Waals surface area contributed by atoms with Gasteiger partial charge in [0.05, 0.1) is 28.4 Å². The van der Waals surface area contributed by atoms with E-state index < -0.39 is 17.7 Å². The van der Waals surface area contributed by atoms with Gasteiger partial charge in [0.25, 0.3) is 5.78 Å². The van der Waals surface area contributed by atoms with E-state index in [2.05, 4.69) is 0 Å². The van der Waals surface area contributed by atoms with E-state index in [9.17, 15) is 14.7 Å². The maximum absolute atomic E-state index is 13.6. The minimum absolute atomic E-state index is 0.00227. The Hall–Kier alpha value is -4.95. The van der Waals surface area contributed by atoms with E-state index >= 15 is 0 Å². The van der Waals surface area contributed by atoms with Crippen molar-refractivity contribution < 1.29 is 24.2 Å². The first-order valence-corrected chi connectivity index (χ1v) is 14.4. The third-order valence-corrected chi connectivity index (χ3v) is 8.08. The molecule has 1 aliphatic rings. The van der Waals surface area contributed by atoms with Crippen molar-refractivity contribution in [1.82, 2.24) is 4.98 Å². The van der Waals surface area contributed by atoms with Crippen LogP contribution in [0.3, 0.4) is 0 Å². The Morgan fingerprint density at radius 1 is 0.905 bits per heavy atom. The summed E-state index contributed by atoms with van der Waals surface area (Å²) in [6, 6.07) is 28.8. The quantitative estimate of drug-likeness (QED) is 0.119. The van der Waals surface area contributed by atoms with Crippen LogP contribution < -0.4 is 14.4 Å². The largest absolute Gasteiger partial charge is 0.507 e. The van der Waals surface area contributed by atoms with E-state index in [4.69, 9.17) is 14.5 Å². The number of ether oxygens (including phenoxy) is 2. The molecule has 2 heterocycles. The Labute approximate surface area is 247 Å². The Morgan fingerprint density at radius 2 is 1.60 bits per heavy atom. The van der Waals surface area contributed by atoms with Gasteiger partial charge in [-0.2, -0.15) is 0 Å². The first kappa shape index (κ1) is 27.2. The number of aromatic nitrogens is 1.